The van der Waals surface area contributed by atoms with Crippen LogP contribution in [0.4, 0.5) is 0 Å². The van der Waals surface area contributed by atoms with Gasteiger partial charge in [0.1, 0.15) is 5.75 Å². The molecule has 2 heterocycles. The smallest absolute Gasteiger partial charge is 0.164 e. The third-order valence-corrected chi connectivity index (χ3v) is 5.64. The highest BCUT2D eigenvalue weighted by molar-refractivity contribution is 5.50. The molecular formula is C20H32N2O3. The Labute approximate surface area is 151 Å². The highest BCUT2D eigenvalue weighted by Crippen LogP contribution is 2.35. The van der Waals surface area contributed by atoms with Crippen molar-refractivity contribution in [1.82, 2.24) is 9.80 Å². The molecule has 3 rings (SSSR count). The molecule has 5 heteroatoms. The maximum absolute atomic E-state index is 5.57. The average Bonchev–Trinajstić information content (AvgIpc) is 2.69. The second-order valence-electron chi connectivity index (χ2n) is 7.12. The lowest BCUT2D eigenvalue weighted by molar-refractivity contribution is 0.0892. The van der Waals surface area contributed by atoms with Gasteiger partial charge in [0.05, 0.1) is 21.3 Å². The van der Waals surface area contributed by atoms with Crippen molar-refractivity contribution in [3.63, 3.8) is 0 Å². The quantitative estimate of drug-likeness (QED) is 0.789. The van der Waals surface area contributed by atoms with Crippen LogP contribution >= 0.6 is 0 Å². The van der Waals surface area contributed by atoms with Crippen molar-refractivity contribution in [2.24, 2.45) is 0 Å². The Balaban J connectivity index is 1.61. The Morgan fingerprint density at radius 2 is 1.40 bits per heavy atom. The summed E-state index contributed by atoms with van der Waals surface area (Å²) in [5.41, 5.74) is 1.16. The molecule has 0 aliphatic carbocycles. The monoisotopic (exact) mass is 348 g/mol. The fourth-order valence-electron chi connectivity index (χ4n) is 4.18. The number of benzene rings is 1. The topological polar surface area (TPSA) is 34.2 Å². The number of ether oxygens (including phenoxy) is 3. The zero-order chi connectivity index (χ0) is 17.6. The fraction of sp³-hybridized carbons (Fsp3) is 0.700. The molecule has 1 aromatic rings. The van der Waals surface area contributed by atoms with Crippen molar-refractivity contribution in [3.8, 4) is 17.2 Å². The van der Waals surface area contributed by atoms with Gasteiger partial charge < -0.3 is 19.1 Å². The lowest BCUT2D eigenvalue weighted by atomic mass is 9.99. The highest BCUT2D eigenvalue weighted by atomic mass is 16.5. The van der Waals surface area contributed by atoms with E-state index in [0.717, 1.165) is 42.7 Å². The van der Waals surface area contributed by atoms with E-state index in [1.54, 1.807) is 21.3 Å². The van der Waals surface area contributed by atoms with Crippen molar-refractivity contribution in [2.75, 3.05) is 47.5 Å². The van der Waals surface area contributed by atoms with Crippen molar-refractivity contribution in [1.29, 1.82) is 0 Å². The number of hydrogen-bond acceptors (Lipinski definition) is 5. The van der Waals surface area contributed by atoms with Gasteiger partial charge in [-0.05, 0) is 57.9 Å². The van der Waals surface area contributed by atoms with Gasteiger partial charge in [0.25, 0.3) is 0 Å². The van der Waals surface area contributed by atoms with Gasteiger partial charge >= 0.3 is 0 Å². The Kier molecular flexibility index (Phi) is 6.43. The summed E-state index contributed by atoms with van der Waals surface area (Å²) in [5.74, 6) is 2.35. The van der Waals surface area contributed by atoms with E-state index in [4.69, 9.17) is 14.2 Å². The Morgan fingerprint density at radius 1 is 0.800 bits per heavy atom. The molecule has 0 amide bonds. The molecule has 0 radical (unpaired) electrons. The molecule has 2 aliphatic rings. The van der Waals surface area contributed by atoms with E-state index in [1.165, 1.54) is 45.2 Å². The largest absolute Gasteiger partial charge is 0.496 e. The molecule has 0 N–H and O–H groups in total. The second kappa shape index (κ2) is 8.77. The van der Waals surface area contributed by atoms with Crippen LogP contribution in [-0.4, -0.2) is 63.4 Å². The molecule has 1 aromatic carbocycles. The minimum absolute atomic E-state index is 0.715. The molecule has 0 saturated carbocycles. The lowest BCUT2D eigenvalue weighted by Crippen LogP contribution is -2.46. The van der Waals surface area contributed by atoms with E-state index < -0.39 is 0 Å². The summed E-state index contributed by atoms with van der Waals surface area (Å²) >= 11 is 0. The molecule has 2 fully saturated rings. The molecule has 0 unspecified atom stereocenters. The van der Waals surface area contributed by atoms with Gasteiger partial charge in [-0.2, -0.15) is 0 Å². The maximum atomic E-state index is 5.57. The van der Waals surface area contributed by atoms with Crippen LogP contribution in [0.25, 0.3) is 0 Å². The summed E-state index contributed by atoms with van der Waals surface area (Å²) in [4.78, 5) is 5.25. The van der Waals surface area contributed by atoms with Crippen LogP contribution in [0.2, 0.25) is 0 Å². The second-order valence-corrected chi connectivity index (χ2v) is 7.12. The molecule has 0 aromatic heterocycles. The molecule has 2 aliphatic heterocycles. The predicted molar refractivity (Wildman–Crippen MR) is 99.8 cm³/mol. The van der Waals surface area contributed by atoms with Crippen LogP contribution in [0.3, 0.4) is 0 Å². The van der Waals surface area contributed by atoms with Crippen LogP contribution in [0.5, 0.6) is 17.2 Å². The van der Waals surface area contributed by atoms with E-state index in [1.807, 2.05) is 12.1 Å². The Hall–Kier alpha value is -1.46. The predicted octanol–water partition coefficient (Wildman–Crippen LogP) is 3.16. The van der Waals surface area contributed by atoms with Crippen LogP contribution < -0.4 is 14.2 Å². The third kappa shape index (κ3) is 4.39. The highest BCUT2D eigenvalue weighted by Gasteiger charge is 2.26. The molecule has 0 bridgehead atoms. The first-order valence-electron chi connectivity index (χ1n) is 9.50. The first-order chi connectivity index (χ1) is 12.2. The molecular weight excluding hydrogens is 316 g/mol. The van der Waals surface area contributed by atoms with Crippen LogP contribution in [-0.2, 0) is 6.54 Å². The van der Waals surface area contributed by atoms with Crippen molar-refractivity contribution >= 4 is 0 Å². The van der Waals surface area contributed by atoms with Gasteiger partial charge in [-0.25, -0.2) is 0 Å². The van der Waals surface area contributed by atoms with E-state index in [-0.39, 0.29) is 0 Å². The van der Waals surface area contributed by atoms with E-state index in [2.05, 4.69) is 9.80 Å². The normalized spacial score (nSPS) is 20.4. The molecule has 0 spiro atoms. The Morgan fingerprint density at radius 3 is 2.00 bits per heavy atom. The zero-order valence-corrected chi connectivity index (χ0v) is 15.9. The number of likely N-dealkylation sites (tertiary alicyclic amines) is 2. The third-order valence-electron chi connectivity index (χ3n) is 5.64. The van der Waals surface area contributed by atoms with Gasteiger partial charge in [0, 0.05) is 24.2 Å². The number of nitrogens with zero attached hydrogens (tertiary/aromatic N) is 2. The first kappa shape index (κ1) is 18.3. The summed E-state index contributed by atoms with van der Waals surface area (Å²) in [6.07, 6.45) is 6.71. The summed E-state index contributed by atoms with van der Waals surface area (Å²) in [7, 11) is 5.05. The minimum Gasteiger partial charge on any atom is -0.496 e. The van der Waals surface area contributed by atoms with E-state index in [0.29, 0.717) is 5.75 Å². The number of hydrogen-bond donors (Lipinski definition) is 0. The van der Waals surface area contributed by atoms with Crippen LogP contribution in [0, 0.1) is 0 Å². The molecule has 2 saturated heterocycles. The standard InChI is InChI=1S/C20H32N2O3/c1-23-18-14-20(25-3)19(24-2)13-16(18)15-21-11-7-17(8-12-21)22-9-5-4-6-10-22/h13-14,17H,4-12,15H2,1-3H3. The summed E-state index contributed by atoms with van der Waals surface area (Å²) in [5, 5.41) is 0. The molecule has 5 nitrogen and oxygen atoms in total. The maximum Gasteiger partial charge on any atom is 0.164 e. The van der Waals surface area contributed by atoms with Crippen LogP contribution in [0.1, 0.15) is 37.7 Å². The van der Waals surface area contributed by atoms with Crippen LogP contribution in [0.15, 0.2) is 12.1 Å². The average molecular weight is 348 g/mol. The molecule has 140 valence electrons. The summed E-state index contributed by atoms with van der Waals surface area (Å²) < 4.78 is 16.4. The SMILES string of the molecule is COc1cc(OC)c(OC)cc1CN1CCC(N2CCCCC2)CC1. The lowest BCUT2D eigenvalue weighted by Gasteiger charge is -2.40. The Bertz CT molecular complexity index is 550. The fourth-order valence-corrected chi connectivity index (χ4v) is 4.18. The summed E-state index contributed by atoms with van der Waals surface area (Å²) in [6, 6.07) is 4.76. The van der Waals surface area contributed by atoms with Crippen molar-refractivity contribution in [2.45, 2.75) is 44.7 Å². The molecule has 0 atom stereocenters. The zero-order valence-electron chi connectivity index (χ0n) is 15.9. The number of rotatable bonds is 6. The van der Waals surface area contributed by atoms with E-state index in [9.17, 15) is 0 Å². The minimum atomic E-state index is 0.715. The van der Waals surface area contributed by atoms with Crippen molar-refractivity contribution < 1.29 is 14.2 Å². The van der Waals surface area contributed by atoms with Crippen molar-refractivity contribution in [3.05, 3.63) is 17.7 Å². The molecule has 25 heavy (non-hydrogen) atoms. The summed E-state index contributed by atoms with van der Waals surface area (Å²) in [6.45, 7) is 5.80. The van der Waals surface area contributed by atoms with E-state index >= 15 is 0 Å². The van der Waals surface area contributed by atoms with Gasteiger partial charge in [-0.1, -0.05) is 6.42 Å². The van der Waals surface area contributed by atoms with Gasteiger partial charge in [0.2, 0.25) is 0 Å². The van der Waals surface area contributed by atoms with Gasteiger partial charge in [0.15, 0.2) is 11.5 Å². The number of piperidine rings is 2. The number of methoxy groups -OCH3 is 3. The van der Waals surface area contributed by atoms with Gasteiger partial charge in [-0.15, -0.1) is 0 Å². The first-order valence-corrected chi connectivity index (χ1v) is 9.50. The van der Waals surface area contributed by atoms with Gasteiger partial charge in [-0.3, -0.25) is 4.90 Å².